The number of hydrogen-bond acceptors (Lipinski definition) is 4. The zero-order valence-corrected chi connectivity index (χ0v) is 8.14. The van der Waals surface area contributed by atoms with E-state index in [4.69, 9.17) is 9.47 Å². The molecule has 4 nitrogen and oxygen atoms in total. The van der Waals surface area contributed by atoms with Gasteiger partial charge in [-0.2, -0.15) is 0 Å². The number of rotatable bonds is 1. The fraction of sp³-hybridized carbons (Fsp3) is 1.00. The van der Waals surface area contributed by atoms with E-state index in [1.165, 1.54) is 0 Å². The normalized spacial score (nSPS) is 41.8. The van der Waals surface area contributed by atoms with Crippen LogP contribution in [0.4, 0.5) is 0 Å². The van der Waals surface area contributed by atoms with Crippen molar-refractivity contribution in [3.8, 4) is 0 Å². The first kappa shape index (κ1) is 9.40. The molecule has 0 aromatic heterocycles. The molecule has 2 saturated heterocycles. The third kappa shape index (κ3) is 2.02. The second-order valence-electron chi connectivity index (χ2n) is 3.90. The summed E-state index contributed by atoms with van der Waals surface area (Å²) >= 11 is 0. The molecule has 0 radical (unpaired) electrons. The van der Waals surface area contributed by atoms with E-state index in [9.17, 15) is 0 Å². The van der Waals surface area contributed by atoms with Crippen LogP contribution in [-0.2, 0) is 9.47 Å². The maximum absolute atomic E-state index is 5.78. The Labute approximate surface area is 79.0 Å². The van der Waals surface area contributed by atoms with Gasteiger partial charge in [0.2, 0.25) is 0 Å². The summed E-state index contributed by atoms with van der Waals surface area (Å²) in [5.41, 5.74) is -0.147. The highest BCUT2D eigenvalue weighted by molar-refractivity contribution is 4.92. The average Bonchev–Trinajstić information content (AvgIpc) is 2.20. The van der Waals surface area contributed by atoms with Crippen molar-refractivity contribution in [2.24, 2.45) is 0 Å². The highest BCUT2D eigenvalue weighted by Gasteiger charge is 2.38. The van der Waals surface area contributed by atoms with Crippen LogP contribution in [0.2, 0.25) is 0 Å². The largest absolute Gasteiger partial charge is 0.373 e. The maximum atomic E-state index is 5.78. The molecule has 2 unspecified atom stereocenters. The Balaban J connectivity index is 1.94. The van der Waals surface area contributed by atoms with E-state index in [-0.39, 0.29) is 11.7 Å². The van der Waals surface area contributed by atoms with Crippen LogP contribution >= 0.6 is 0 Å². The standard InChI is InChI=1S/C9H18N2O2/c1-9(7-11-3-5-13-9)8-6-10-2-4-12-8/h8,10-11H,2-7H2,1H3. The lowest BCUT2D eigenvalue weighted by Crippen LogP contribution is -2.60. The average molecular weight is 186 g/mol. The molecule has 2 N–H and O–H groups in total. The Morgan fingerprint density at radius 1 is 1.23 bits per heavy atom. The lowest BCUT2D eigenvalue weighted by Gasteiger charge is -2.42. The summed E-state index contributed by atoms with van der Waals surface area (Å²) in [6.45, 7) is 7.41. The first-order valence-corrected chi connectivity index (χ1v) is 4.98. The van der Waals surface area contributed by atoms with Crippen LogP contribution in [0.15, 0.2) is 0 Å². The summed E-state index contributed by atoms with van der Waals surface area (Å²) in [5, 5.41) is 6.66. The minimum absolute atomic E-state index is 0.147. The van der Waals surface area contributed by atoms with Crippen molar-refractivity contribution in [2.45, 2.75) is 18.6 Å². The van der Waals surface area contributed by atoms with Gasteiger partial charge in [0.1, 0.15) is 5.60 Å². The van der Waals surface area contributed by atoms with E-state index < -0.39 is 0 Å². The molecule has 2 rings (SSSR count). The van der Waals surface area contributed by atoms with Crippen molar-refractivity contribution in [1.82, 2.24) is 10.6 Å². The van der Waals surface area contributed by atoms with Crippen molar-refractivity contribution < 1.29 is 9.47 Å². The first-order chi connectivity index (χ1) is 6.31. The second-order valence-corrected chi connectivity index (χ2v) is 3.90. The lowest BCUT2D eigenvalue weighted by atomic mass is 9.96. The molecule has 2 heterocycles. The molecule has 0 spiro atoms. The molecular weight excluding hydrogens is 168 g/mol. The van der Waals surface area contributed by atoms with Crippen LogP contribution < -0.4 is 10.6 Å². The Morgan fingerprint density at radius 2 is 2.08 bits per heavy atom. The fourth-order valence-electron chi connectivity index (χ4n) is 1.91. The monoisotopic (exact) mass is 186 g/mol. The quantitative estimate of drug-likeness (QED) is 0.571. The van der Waals surface area contributed by atoms with Gasteiger partial charge in [0.15, 0.2) is 0 Å². The summed E-state index contributed by atoms with van der Waals surface area (Å²) in [6.07, 6.45) is 0.189. The van der Waals surface area contributed by atoms with Gasteiger partial charge in [-0.3, -0.25) is 0 Å². The van der Waals surface area contributed by atoms with E-state index in [1.54, 1.807) is 0 Å². The zero-order chi connectivity index (χ0) is 9.15. The Bertz CT molecular complexity index is 163. The van der Waals surface area contributed by atoms with Gasteiger partial charge in [0.05, 0.1) is 19.3 Å². The van der Waals surface area contributed by atoms with Crippen LogP contribution in [0.1, 0.15) is 6.92 Å². The van der Waals surface area contributed by atoms with Gasteiger partial charge in [0.25, 0.3) is 0 Å². The van der Waals surface area contributed by atoms with Gasteiger partial charge in [-0.05, 0) is 6.92 Å². The van der Waals surface area contributed by atoms with Gasteiger partial charge < -0.3 is 20.1 Å². The first-order valence-electron chi connectivity index (χ1n) is 4.98. The number of morpholine rings is 2. The number of ether oxygens (including phenoxy) is 2. The molecule has 0 bridgehead atoms. The van der Waals surface area contributed by atoms with Crippen molar-refractivity contribution in [1.29, 1.82) is 0 Å². The van der Waals surface area contributed by atoms with E-state index in [0.717, 1.165) is 39.4 Å². The van der Waals surface area contributed by atoms with E-state index in [1.807, 2.05) is 0 Å². The van der Waals surface area contributed by atoms with Crippen molar-refractivity contribution in [2.75, 3.05) is 39.4 Å². The van der Waals surface area contributed by atoms with Crippen LogP contribution in [0.3, 0.4) is 0 Å². The third-order valence-electron chi connectivity index (χ3n) is 2.80. The highest BCUT2D eigenvalue weighted by Crippen LogP contribution is 2.20. The molecule has 0 saturated carbocycles. The molecule has 2 fully saturated rings. The molecule has 4 heteroatoms. The molecular formula is C9H18N2O2. The predicted octanol–water partition coefficient (Wildman–Crippen LogP) is -0.647. The fourth-order valence-corrected chi connectivity index (χ4v) is 1.91. The summed E-state index contributed by atoms with van der Waals surface area (Å²) < 4.78 is 11.5. The minimum Gasteiger partial charge on any atom is -0.373 e. The van der Waals surface area contributed by atoms with E-state index >= 15 is 0 Å². The molecule has 13 heavy (non-hydrogen) atoms. The van der Waals surface area contributed by atoms with Crippen molar-refractivity contribution in [3.05, 3.63) is 0 Å². The van der Waals surface area contributed by atoms with E-state index in [2.05, 4.69) is 17.6 Å². The van der Waals surface area contributed by atoms with E-state index in [0.29, 0.717) is 0 Å². The zero-order valence-electron chi connectivity index (χ0n) is 8.14. The number of hydrogen-bond donors (Lipinski definition) is 2. The van der Waals surface area contributed by atoms with Crippen LogP contribution in [0.25, 0.3) is 0 Å². The van der Waals surface area contributed by atoms with Gasteiger partial charge in [-0.15, -0.1) is 0 Å². The highest BCUT2D eigenvalue weighted by atomic mass is 16.6. The van der Waals surface area contributed by atoms with Crippen LogP contribution in [0.5, 0.6) is 0 Å². The van der Waals surface area contributed by atoms with Crippen LogP contribution in [-0.4, -0.2) is 51.1 Å². The lowest BCUT2D eigenvalue weighted by molar-refractivity contribution is -0.154. The molecule has 2 aliphatic heterocycles. The number of nitrogens with one attached hydrogen (secondary N) is 2. The van der Waals surface area contributed by atoms with Gasteiger partial charge >= 0.3 is 0 Å². The van der Waals surface area contributed by atoms with Gasteiger partial charge in [-0.1, -0.05) is 0 Å². The van der Waals surface area contributed by atoms with Crippen molar-refractivity contribution >= 4 is 0 Å². The Morgan fingerprint density at radius 3 is 2.69 bits per heavy atom. The topological polar surface area (TPSA) is 42.5 Å². The SMILES string of the molecule is CC1(C2CNCCO2)CNCCO1. The molecule has 76 valence electrons. The smallest absolute Gasteiger partial charge is 0.105 e. The molecule has 2 atom stereocenters. The molecule has 2 aliphatic rings. The molecule has 0 aliphatic carbocycles. The van der Waals surface area contributed by atoms with Gasteiger partial charge in [0, 0.05) is 26.2 Å². The maximum Gasteiger partial charge on any atom is 0.105 e. The summed E-state index contributed by atoms with van der Waals surface area (Å²) in [7, 11) is 0. The third-order valence-corrected chi connectivity index (χ3v) is 2.80. The van der Waals surface area contributed by atoms with Crippen LogP contribution in [0, 0.1) is 0 Å². The minimum atomic E-state index is -0.147. The Hall–Kier alpha value is -0.160. The molecule has 0 aromatic carbocycles. The van der Waals surface area contributed by atoms with Crippen molar-refractivity contribution in [3.63, 3.8) is 0 Å². The van der Waals surface area contributed by atoms with Gasteiger partial charge in [-0.25, -0.2) is 0 Å². The molecule has 0 amide bonds. The molecule has 0 aromatic rings. The summed E-state index contributed by atoms with van der Waals surface area (Å²) in [4.78, 5) is 0. The predicted molar refractivity (Wildman–Crippen MR) is 49.8 cm³/mol. The Kier molecular flexibility index (Phi) is 2.83. The summed E-state index contributed by atoms with van der Waals surface area (Å²) in [6, 6.07) is 0. The second kappa shape index (κ2) is 3.92. The summed E-state index contributed by atoms with van der Waals surface area (Å²) in [5.74, 6) is 0.